The molecule has 2 aromatic rings. The molecule has 1 fully saturated rings. The van der Waals surface area contributed by atoms with Gasteiger partial charge in [0.2, 0.25) is 10.0 Å². The first-order valence-electron chi connectivity index (χ1n) is 9.59. The Balaban J connectivity index is 1.67. The van der Waals surface area contributed by atoms with Crippen molar-refractivity contribution >= 4 is 21.8 Å². The fraction of sp³-hybridized carbons (Fsp3) is 0.364. The van der Waals surface area contributed by atoms with Crippen LogP contribution in [0, 0.1) is 19.8 Å². The molecule has 0 unspecified atom stereocenters. The van der Waals surface area contributed by atoms with Gasteiger partial charge in [0.05, 0.1) is 10.8 Å². The minimum atomic E-state index is -3.71. The second kappa shape index (κ2) is 8.47. The lowest BCUT2D eigenvalue weighted by Crippen LogP contribution is -2.41. The van der Waals surface area contributed by atoms with Gasteiger partial charge >= 0.3 is 5.97 Å². The van der Waals surface area contributed by atoms with Crippen molar-refractivity contribution in [2.24, 2.45) is 5.92 Å². The second-order valence-electron chi connectivity index (χ2n) is 7.40. The fourth-order valence-electron chi connectivity index (χ4n) is 3.50. The number of Topliss-reactive ketones (excluding diaryl/α,β-unsaturated/α-hetero) is 1. The highest BCUT2D eigenvalue weighted by Crippen LogP contribution is 2.28. The standard InChI is InChI=1S/C22H25NO5S/c1-15-6-4-7-16(2)21(15)28-22(25)18-10-12-23(13-11-18)29(26,27)20-9-5-8-19(14-20)17(3)24/h4-9,14,18H,10-13H2,1-3H3. The minimum absolute atomic E-state index is 0.0989. The summed E-state index contributed by atoms with van der Waals surface area (Å²) in [6, 6.07) is 11.7. The summed E-state index contributed by atoms with van der Waals surface area (Å²) in [4.78, 5) is 24.2. The van der Waals surface area contributed by atoms with Crippen molar-refractivity contribution in [1.29, 1.82) is 0 Å². The summed E-state index contributed by atoms with van der Waals surface area (Å²) in [5, 5.41) is 0. The molecule has 0 saturated carbocycles. The van der Waals surface area contributed by atoms with Crippen LogP contribution >= 0.6 is 0 Å². The highest BCUT2D eigenvalue weighted by atomic mass is 32.2. The Hall–Kier alpha value is -2.51. The molecule has 1 aliphatic heterocycles. The molecule has 0 aliphatic carbocycles. The molecule has 3 rings (SSSR count). The van der Waals surface area contributed by atoms with Gasteiger partial charge in [-0.05, 0) is 56.9 Å². The van der Waals surface area contributed by atoms with E-state index in [1.807, 2.05) is 32.0 Å². The third kappa shape index (κ3) is 4.57. The lowest BCUT2D eigenvalue weighted by molar-refractivity contribution is -0.140. The Bertz CT molecular complexity index is 1020. The molecule has 0 aromatic heterocycles. The highest BCUT2D eigenvalue weighted by molar-refractivity contribution is 7.89. The van der Waals surface area contributed by atoms with Gasteiger partial charge in [-0.25, -0.2) is 8.42 Å². The average molecular weight is 416 g/mol. The predicted octanol–water partition coefficient (Wildman–Crippen LogP) is 3.51. The van der Waals surface area contributed by atoms with Crippen molar-refractivity contribution in [2.75, 3.05) is 13.1 Å². The summed E-state index contributed by atoms with van der Waals surface area (Å²) in [6.07, 6.45) is 0.796. The van der Waals surface area contributed by atoms with Gasteiger partial charge in [-0.1, -0.05) is 30.3 Å². The quantitative estimate of drug-likeness (QED) is 0.424. The Kier molecular flexibility index (Phi) is 6.19. The molecule has 0 spiro atoms. The first-order chi connectivity index (χ1) is 13.7. The van der Waals surface area contributed by atoms with Crippen LogP contribution < -0.4 is 4.74 Å². The Morgan fingerprint density at radius 1 is 1.00 bits per heavy atom. The molecule has 0 amide bonds. The summed E-state index contributed by atoms with van der Waals surface area (Å²) in [7, 11) is -3.71. The Morgan fingerprint density at radius 3 is 2.17 bits per heavy atom. The SMILES string of the molecule is CC(=O)c1cccc(S(=O)(=O)N2CCC(C(=O)Oc3c(C)cccc3C)CC2)c1. The maximum atomic E-state index is 12.9. The molecule has 2 aromatic carbocycles. The molecule has 6 nitrogen and oxygen atoms in total. The molecule has 0 radical (unpaired) electrons. The number of ether oxygens (including phenoxy) is 1. The van der Waals surface area contributed by atoms with Crippen molar-refractivity contribution in [1.82, 2.24) is 4.31 Å². The lowest BCUT2D eigenvalue weighted by atomic mass is 9.98. The van der Waals surface area contributed by atoms with E-state index in [2.05, 4.69) is 0 Å². The van der Waals surface area contributed by atoms with Crippen LogP contribution in [0.4, 0.5) is 0 Å². The zero-order valence-electron chi connectivity index (χ0n) is 16.8. The number of para-hydroxylation sites is 1. The van der Waals surface area contributed by atoms with Gasteiger partial charge in [-0.2, -0.15) is 4.31 Å². The number of rotatable bonds is 5. The van der Waals surface area contributed by atoms with Crippen molar-refractivity contribution in [3.05, 3.63) is 59.2 Å². The van der Waals surface area contributed by atoms with Crippen LogP contribution in [-0.2, 0) is 14.8 Å². The number of piperidine rings is 1. The highest BCUT2D eigenvalue weighted by Gasteiger charge is 2.33. The summed E-state index contributed by atoms with van der Waals surface area (Å²) < 4.78 is 32.8. The number of esters is 1. The Morgan fingerprint density at radius 2 is 1.59 bits per heavy atom. The summed E-state index contributed by atoms with van der Waals surface area (Å²) in [5.41, 5.74) is 2.14. The number of sulfonamides is 1. The molecule has 154 valence electrons. The van der Waals surface area contributed by atoms with Crippen LogP contribution in [-0.4, -0.2) is 37.6 Å². The number of hydrogen-bond acceptors (Lipinski definition) is 5. The van der Waals surface area contributed by atoms with E-state index >= 15 is 0 Å². The van der Waals surface area contributed by atoms with E-state index in [0.29, 0.717) is 24.2 Å². The van der Waals surface area contributed by atoms with Crippen molar-refractivity contribution in [2.45, 2.75) is 38.5 Å². The zero-order valence-corrected chi connectivity index (χ0v) is 17.7. The van der Waals surface area contributed by atoms with E-state index in [-0.39, 0.29) is 35.7 Å². The lowest BCUT2D eigenvalue weighted by Gasteiger charge is -2.30. The van der Waals surface area contributed by atoms with Gasteiger partial charge in [0, 0.05) is 18.7 Å². The number of carbonyl (C=O) groups is 2. The smallest absolute Gasteiger partial charge is 0.314 e. The molecule has 0 atom stereocenters. The van der Waals surface area contributed by atoms with Crippen molar-refractivity contribution < 1.29 is 22.7 Å². The maximum Gasteiger partial charge on any atom is 0.314 e. The molecule has 7 heteroatoms. The van der Waals surface area contributed by atoms with Gasteiger partial charge in [-0.3, -0.25) is 9.59 Å². The van der Waals surface area contributed by atoms with Gasteiger partial charge in [-0.15, -0.1) is 0 Å². The summed E-state index contributed by atoms with van der Waals surface area (Å²) in [6.45, 7) is 5.65. The van der Waals surface area contributed by atoms with E-state index in [4.69, 9.17) is 4.74 Å². The molecular weight excluding hydrogens is 390 g/mol. The minimum Gasteiger partial charge on any atom is -0.426 e. The van der Waals surface area contributed by atoms with E-state index in [1.54, 1.807) is 12.1 Å². The number of aryl methyl sites for hydroxylation is 2. The van der Waals surface area contributed by atoms with Gasteiger partial charge in [0.25, 0.3) is 0 Å². The second-order valence-corrected chi connectivity index (χ2v) is 9.34. The number of hydrogen-bond donors (Lipinski definition) is 0. The van der Waals surface area contributed by atoms with Crippen LogP contribution in [0.1, 0.15) is 41.3 Å². The van der Waals surface area contributed by atoms with Crippen LogP contribution in [0.5, 0.6) is 5.75 Å². The van der Waals surface area contributed by atoms with Crippen molar-refractivity contribution in [3.63, 3.8) is 0 Å². The molecule has 1 aliphatic rings. The number of carbonyl (C=O) groups excluding carboxylic acids is 2. The number of benzene rings is 2. The Labute approximate surface area is 171 Å². The van der Waals surface area contributed by atoms with Crippen LogP contribution in [0.2, 0.25) is 0 Å². The predicted molar refractivity (Wildman–Crippen MR) is 109 cm³/mol. The van der Waals surface area contributed by atoms with Gasteiger partial charge in [0.1, 0.15) is 5.75 Å². The van der Waals surface area contributed by atoms with E-state index in [1.165, 1.54) is 23.4 Å². The average Bonchev–Trinajstić information content (AvgIpc) is 2.71. The molecule has 0 N–H and O–H groups in total. The van der Waals surface area contributed by atoms with E-state index in [9.17, 15) is 18.0 Å². The van der Waals surface area contributed by atoms with Crippen molar-refractivity contribution in [3.8, 4) is 5.75 Å². The molecule has 29 heavy (non-hydrogen) atoms. The van der Waals surface area contributed by atoms with E-state index in [0.717, 1.165) is 11.1 Å². The molecular formula is C22H25NO5S. The van der Waals surface area contributed by atoms with Crippen LogP contribution in [0.15, 0.2) is 47.4 Å². The van der Waals surface area contributed by atoms with Gasteiger partial charge in [0.15, 0.2) is 5.78 Å². The van der Waals surface area contributed by atoms with Gasteiger partial charge < -0.3 is 4.74 Å². The summed E-state index contributed by atoms with van der Waals surface area (Å²) >= 11 is 0. The topological polar surface area (TPSA) is 80.8 Å². The number of nitrogens with zero attached hydrogens (tertiary/aromatic N) is 1. The normalized spacial score (nSPS) is 15.8. The molecule has 1 heterocycles. The van der Waals surface area contributed by atoms with Crippen LogP contribution in [0.25, 0.3) is 0 Å². The maximum absolute atomic E-state index is 12.9. The molecule has 0 bridgehead atoms. The first-order valence-corrected chi connectivity index (χ1v) is 11.0. The largest absolute Gasteiger partial charge is 0.426 e. The zero-order chi connectivity index (χ0) is 21.2. The fourth-order valence-corrected chi connectivity index (χ4v) is 5.02. The monoisotopic (exact) mass is 415 g/mol. The third-order valence-electron chi connectivity index (χ3n) is 5.28. The molecule has 1 saturated heterocycles. The van der Waals surface area contributed by atoms with Crippen LogP contribution in [0.3, 0.4) is 0 Å². The van der Waals surface area contributed by atoms with E-state index < -0.39 is 10.0 Å². The first kappa shape index (κ1) is 21.2. The summed E-state index contributed by atoms with van der Waals surface area (Å²) in [5.74, 6) is -0.273. The third-order valence-corrected chi connectivity index (χ3v) is 7.17. The number of ketones is 1.